The van der Waals surface area contributed by atoms with Crippen LogP contribution in [0.25, 0.3) is 10.9 Å². The molecule has 0 radical (unpaired) electrons. The van der Waals surface area contributed by atoms with Crippen LogP contribution in [0, 0.1) is 0 Å². The lowest BCUT2D eigenvalue weighted by Crippen LogP contribution is -2.22. The molecule has 0 bridgehead atoms. The number of halogens is 2. The number of phenolic OH excluding ortho intramolecular Hbond substituents is 1. The van der Waals surface area contributed by atoms with E-state index < -0.39 is 0 Å². The van der Waals surface area contributed by atoms with Gasteiger partial charge in [0.2, 0.25) is 0 Å². The van der Waals surface area contributed by atoms with E-state index in [1.165, 1.54) is 17.0 Å². The maximum atomic E-state index is 12.5. The number of aromatic hydroxyl groups is 1. The number of aryl methyl sites for hydroxylation is 2. The summed E-state index contributed by atoms with van der Waals surface area (Å²) in [5, 5.41) is 10.3. The summed E-state index contributed by atoms with van der Waals surface area (Å²) < 4.78 is 1.44. The molecule has 2 aromatic heterocycles. The van der Waals surface area contributed by atoms with Gasteiger partial charge in [-0.05, 0) is 18.2 Å². The zero-order valence-corrected chi connectivity index (χ0v) is 12.8. The van der Waals surface area contributed by atoms with E-state index in [1.54, 1.807) is 6.20 Å². The van der Waals surface area contributed by atoms with E-state index in [4.69, 9.17) is 23.2 Å². The zero-order valence-electron chi connectivity index (χ0n) is 11.3. The van der Waals surface area contributed by atoms with Crippen LogP contribution in [0.1, 0.15) is 5.69 Å². The van der Waals surface area contributed by atoms with Crippen molar-refractivity contribution in [1.82, 2.24) is 14.5 Å². The van der Waals surface area contributed by atoms with Crippen LogP contribution in [-0.2, 0) is 13.0 Å². The molecule has 0 spiro atoms. The van der Waals surface area contributed by atoms with Crippen molar-refractivity contribution in [3.63, 3.8) is 0 Å². The first-order valence-corrected chi connectivity index (χ1v) is 7.29. The van der Waals surface area contributed by atoms with Crippen molar-refractivity contribution >= 4 is 34.1 Å². The molecule has 1 N–H and O–H groups in total. The van der Waals surface area contributed by atoms with Gasteiger partial charge in [-0.25, -0.2) is 4.98 Å². The maximum absolute atomic E-state index is 12.5. The highest BCUT2D eigenvalue weighted by molar-refractivity contribution is 6.39. The second kappa shape index (κ2) is 5.94. The van der Waals surface area contributed by atoms with Crippen LogP contribution in [0.3, 0.4) is 0 Å². The van der Waals surface area contributed by atoms with Crippen LogP contribution in [0.5, 0.6) is 5.75 Å². The van der Waals surface area contributed by atoms with E-state index in [1.807, 2.05) is 18.2 Å². The third-order valence-electron chi connectivity index (χ3n) is 3.32. The Morgan fingerprint density at radius 1 is 1.18 bits per heavy atom. The number of hydrogen-bond donors (Lipinski definition) is 1. The molecule has 0 saturated heterocycles. The summed E-state index contributed by atoms with van der Waals surface area (Å²) in [5.41, 5.74) is 0.661. The molecule has 2 heterocycles. The van der Waals surface area contributed by atoms with Gasteiger partial charge in [0.05, 0.1) is 21.8 Å². The molecular weight excluding hydrogens is 325 g/mol. The summed E-state index contributed by atoms with van der Waals surface area (Å²) in [4.78, 5) is 20.8. The van der Waals surface area contributed by atoms with Gasteiger partial charge in [0, 0.05) is 24.9 Å². The van der Waals surface area contributed by atoms with E-state index in [9.17, 15) is 9.90 Å². The summed E-state index contributed by atoms with van der Waals surface area (Å²) in [6, 6.07) is 6.95. The van der Waals surface area contributed by atoms with E-state index >= 15 is 0 Å². The highest BCUT2D eigenvalue weighted by Gasteiger charge is 2.15. The number of pyridine rings is 1. The van der Waals surface area contributed by atoms with Crippen molar-refractivity contribution in [3.05, 3.63) is 62.9 Å². The van der Waals surface area contributed by atoms with E-state index in [0.29, 0.717) is 13.0 Å². The predicted molar refractivity (Wildman–Crippen MR) is 85.6 cm³/mol. The topological polar surface area (TPSA) is 68.0 Å². The van der Waals surface area contributed by atoms with Gasteiger partial charge in [-0.1, -0.05) is 29.3 Å². The molecular formula is C15H11Cl2N3O2. The van der Waals surface area contributed by atoms with Crippen molar-refractivity contribution in [2.75, 3.05) is 0 Å². The lowest BCUT2D eigenvalue weighted by molar-refractivity contribution is 0.480. The first-order chi connectivity index (χ1) is 10.6. The molecule has 1 aromatic carbocycles. The predicted octanol–water partition coefficient (Wildman–Crippen LogP) is 3.05. The van der Waals surface area contributed by atoms with Crippen LogP contribution in [0.15, 0.2) is 41.6 Å². The Kier molecular flexibility index (Phi) is 4.00. The Labute approximate surface area is 135 Å². The normalized spacial score (nSPS) is 11.0. The summed E-state index contributed by atoms with van der Waals surface area (Å²) in [6.07, 6.45) is 3.67. The Morgan fingerprint density at radius 3 is 2.73 bits per heavy atom. The molecule has 7 heteroatoms. The Balaban J connectivity index is 2.02. The van der Waals surface area contributed by atoms with Crippen LogP contribution in [0.4, 0.5) is 0 Å². The number of hydrogen-bond acceptors (Lipinski definition) is 4. The standard InChI is InChI=1S/C15H11Cl2N3O2/c16-10-7-11(17)14(21)13-12(10)15(22)20(8-19-13)6-4-9-3-1-2-5-18-9/h1-3,5,7-8,21H,4,6H2. The highest BCUT2D eigenvalue weighted by Crippen LogP contribution is 2.34. The third kappa shape index (κ3) is 2.65. The van der Waals surface area contributed by atoms with Crippen molar-refractivity contribution in [2.45, 2.75) is 13.0 Å². The Hall–Kier alpha value is -2.11. The average Bonchev–Trinajstić information content (AvgIpc) is 2.52. The van der Waals surface area contributed by atoms with Gasteiger partial charge in [-0.3, -0.25) is 14.3 Å². The fourth-order valence-corrected chi connectivity index (χ4v) is 2.72. The lowest BCUT2D eigenvalue weighted by atomic mass is 10.2. The molecule has 0 amide bonds. The fraction of sp³-hybridized carbons (Fsp3) is 0.133. The first kappa shape index (κ1) is 14.8. The molecule has 112 valence electrons. The number of nitrogens with zero attached hydrogens (tertiary/aromatic N) is 3. The smallest absolute Gasteiger partial charge is 0.262 e. The van der Waals surface area contributed by atoms with Crippen LogP contribution >= 0.6 is 23.2 Å². The van der Waals surface area contributed by atoms with Gasteiger partial charge in [-0.2, -0.15) is 0 Å². The minimum atomic E-state index is -0.321. The van der Waals surface area contributed by atoms with Crippen LogP contribution < -0.4 is 5.56 Å². The summed E-state index contributed by atoms with van der Waals surface area (Å²) in [5.74, 6) is -0.241. The second-order valence-electron chi connectivity index (χ2n) is 4.73. The molecule has 3 rings (SSSR count). The zero-order chi connectivity index (χ0) is 15.7. The monoisotopic (exact) mass is 335 g/mol. The maximum Gasteiger partial charge on any atom is 0.262 e. The van der Waals surface area contributed by atoms with E-state index in [-0.39, 0.29) is 32.3 Å². The van der Waals surface area contributed by atoms with Gasteiger partial charge >= 0.3 is 0 Å². The number of benzene rings is 1. The number of rotatable bonds is 3. The van der Waals surface area contributed by atoms with Crippen molar-refractivity contribution in [3.8, 4) is 5.75 Å². The van der Waals surface area contributed by atoms with Crippen LogP contribution in [-0.4, -0.2) is 19.6 Å². The van der Waals surface area contributed by atoms with Crippen molar-refractivity contribution in [1.29, 1.82) is 0 Å². The SMILES string of the molecule is O=c1c2c(Cl)cc(Cl)c(O)c2ncn1CCc1ccccn1. The average molecular weight is 336 g/mol. The van der Waals surface area contributed by atoms with Gasteiger partial charge in [-0.15, -0.1) is 0 Å². The Bertz CT molecular complexity index is 895. The van der Waals surface area contributed by atoms with Gasteiger partial charge in [0.1, 0.15) is 5.52 Å². The van der Waals surface area contributed by atoms with Gasteiger partial charge in [0.25, 0.3) is 5.56 Å². The summed E-state index contributed by atoms with van der Waals surface area (Å²) in [6.45, 7) is 0.415. The number of aromatic nitrogens is 3. The molecule has 0 aliphatic carbocycles. The summed E-state index contributed by atoms with van der Waals surface area (Å²) in [7, 11) is 0. The molecule has 0 aliphatic rings. The van der Waals surface area contributed by atoms with Crippen molar-refractivity contribution < 1.29 is 5.11 Å². The molecule has 3 aromatic rings. The highest BCUT2D eigenvalue weighted by atomic mass is 35.5. The Morgan fingerprint density at radius 2 is 2.00 bits per heavy atom. The largest absolute Gasteiger partial charge is 0.504 e. The quantitative estimate of drug-likeness (QED) is 0.798. The van der Waals surface area contributed by atoms with E-state index in [0.717, 1.165) is 5.69 Å². The number of fused-ring (bicyclic) bond motifs is 1. The molecule has 0 aliphatic heterocycles. The van der Waals surface area contributed by atoms with Crippen LogP contribution in [0.2, 0.25) is 10.0 Å². The minimum absolute atomic E-state index is 0.0654. The summed E-state index contributed by atoms with van der Waals surface area (Å²) >= 11 is 11.9. The van der Waals surface area contributed by atoms with Gasteiger partial charge < -0.3 is 5.11 Å². The molecule has 22 heavy (non-hydrogen) atoms. The van der Waals surface area contributed by atoms with E-state index in [2.05, 4.69) is 9.97 Å². The number of phenols is 1. The fourth-order valence-electron chi connectivity index (χ4n) is 2.19. The molecule has 0 unspecified atom stereocenters. The molecule has 5 nitrogen and oxygen atoms in total. The minimum Gasteiger partial charge on any atom is -0.504 e. The molecule has 0 atom stereocenters. The lowest BCUT2D eigenvalue weighted by Gasteiger charge is -2.09. The second-order valence-corrected chi connectivity index (χ2v) is 5.54. The first-order valence-electron chi connectivity index (χ1n) is 6.54. The molecule has 0 fully saturated rings. The third-order valence-corrected chi connectivity index (χ3v) is 3.90. The van der Waals surface area contributed by atoms with Gasteiger partial charge in [0.15, 0.2) is 5.75 Å². The van der Waals surface area contributed by atoms with Crippen molar-refractivity contribution in [2.24, 2.45) is 0 Å². The molecule has 0 saturated carbocycles.